The number of hydrogen-bond acceptors (Lipinski definition) is 21. The number of methoxy groups -OCH3 is 1. The number of aliphatic hydroxyl groups is 1. The first-order chi connectivity index (χ1) is 43.4. The van der Waals surface area contributed by atoms with Crippen LogP contribution in [0.2, 0.25) is 10.0 Å². The van der Waals surface area contributed by atoms with Crippen LogP contribution in [0.1, 0.15) is 61.6 Å². The first kappa shape index (κ1) is 85.9. The number of carboxylic acids is 1. The maximum Gasteiger partial charge on any atom is 1.00 e. The van der Waals surface area contributed by atoms with Crippen LogP contribution >= 0.6 is 48.0 Å². The summed E-state index contributed by atoms with van der Waals surface area (Å²) in [7, 11) is -4.92. The minimum Gasteiger partial charge on any atom is -0.550 e. The second-order valence-electron chi connectivity index (χ2n) is 18.3. The SMILES string of the molecule is CCOC(=O)c1ccc(N)cc1.CCOC(=O)c1cccc(N)c1.CN1C(C(=O)Nc2ccccn2)=C(O)c2ccccc2S1(=O)=O.COc1cc(C=O)ccc1O.CS(=O)(=O)O.Cl.Cl.N=C(N)c1ccc(N)cc1.O=C([O-])Cc1ccccc1Nc1c(Cl)cccc1Cl.[Na+]. The summed E-state index contributed by atoms with van der Waals surface area (Å²) >= 11 is 12.1. The van der Waals surface area contributed by atoms with E-state index in [1.54, 1.807) is 159 Å². The summed E-state index contributed by atoms with van der Waals surface area (Å²) in [5.41, 5.74) is 27.2. The van der Waals surface area contributed by atoms with E-state index >= 15 is 0 Å². The van der Waals surface area contributed by atoms with Crippen molar-refractivity contribution in [3.05, 3.63) is 231 Å². The third-order valence-corrected chi connectivity index (χ3v) is 13.8. The number of nitrogens with two attached hydrogens (primary N) is 4. The maximum absolute atomic E-state index is 12.5. The Bertz CT molecular complexity index is 4060. The average molecular weight is 1440 g/mol. The monoisotopic (exact) mass is 1430 g/mol. The molecule has 25 nitrogen and oxygen atoms in total. The molecule has 2 heterocycles. The number of esters is 2. The van der Waals surface area contributed by atoms with Gasteiger partial charge >= 0.3 is 41.5 Å². The van der Waals surface area contributed by atoms with E-state index in [-0.39, 0.29) is 106 Å². The van der Waals surface area contributed by atoms with Gasteiger partial charge in [-0.15, -0.1) is 24.8 Å². The van der Waals surface area contributed by atoms with Gasteiger partial charge in [0.25, 0.3) is 26.0 Å². The van der Waals surface area contributed by atoms with Crippen molar-refractivity contribution in [1.29, 1.82) is 5.41 Å². The van der Waals surface area contributed by atoms with Crippen molar-refractivity contribution in [3.63, 3.8) is 0 Å². The summed E-state index contributed by atoms with van der Waals surface area (Å²) in [4.78, 5) is 59.5. The number of hydrogen-bond donors (Lipinski definition) is 10. The first-order valence-electron chi connectivity index (χ1n) is 26.7. The fourth-order valence-electron chi connectivity index (χ4n) is 7.14. The summed E-state index contributed by atoms with van der Waals surface area (Å²) in [5.74, 6) is -2.26. The van der Waals surface area contributed by atoms with E-state index in [9.17, 15) is 51.0 Å². The van der Waals surface area contributed by atoms with E-state index in [0.29, 0.717) is 97.8 Å². The van der Waals surface area contributed by atoms with Crippen LogP contribution in [0.15, 0.2) is 193 Å². The average Bonchev–Trinajstić information content (AvgIpc) is 0.746. The molecule has 0 saturated heterocycles. The van der Waals surface area contributed by atoms with E-state index in [1.807, 2.05) is 0 Å². The molecule has 0 fully saturated rings. The fraction of sp³-hybridized carbons (Fsp3) is 0.127. The van der Waals surface area contributed by atoms with Crippen LogP contribution in [-0.4, -0.2) is 110 Å². The number of nitrogen functional groups attached to an aromatic ring is 4. The van der Waals surface area contributed by atoms with Crippen molar-refractivity contribution in [2.45, 2.75) is 25.2 Å². The topological polar surface area (TPSA) is 433 Å². The van der Waals surface area contributed by atoms with Gasteiger partial charge in [0.05, 0.1) is 58.3 Å². The number of nitrogens with zero attached hydrogens (tertiary/aromatic N) is 2. The summed E-state index contributed by atoms with van der Waals surface area (Å²) in [6.07, 6.45) is 2.72. The second kappa shape index (κ2) is 43.0. The van der Waals surface area contributed by atoms with Crippen LogP contribution in [0.4, 0.5) is 34.3 Å². The number of rotatable bonds is 13. The van der Waals surface area contributed by atoms with E-state index < -0.39 is 37.8 Å². The Hall–Kier alpha value is -9.13. The first-order valence-corrected chi connectivity index (χ1v) is 30.7. The van der Waals surface area contributed by atoms with Crippen molar-refractivity contribution in [2.24, 2.45) is 5.73 Å². The number of likely N-dealkylation sites (N-methyl/N-ethyl adjacent to an activating group) is 1. The summed E-state index contributed by atoms with van der Waals surface area (Å²) in [5, 5.41) is 43.7. The third kappa shape index (κ3) is 29.8. The summed E-state index contributed by atoms with van der Waals surface area (Å²) in [6, 6.07) is 47.7. The van der Waals surface area contributed by atoms with Crippen LogP contribution in [0.25, 0.3) is 5.76 Å². The molecule has 14 N–H and O–H groups in total. The normalized spacial score (nSPS) is 10.9. The molecule has 0 spiro atoms. The molecule has 1 aromatic heterocycles. The predicted molar refractivity (Wildman–Crippen MR) is 366 cm³/mol. The molecule has 1 aliphatic heterocycles. The van der Waals surface area contributed by atoms with Gasteiger partial charge in [-0.25, -0.2) is 23.0 Å². The number of benzene rings is 7. The minimum atomic E-state index is -3.91. The predicted octanol–water partition coefficient (Wildman–Crippen LogP) is 6.62. The van der Waals surface area contributed by atoms with Crippen molar-refractivity contribution in [1.82, 2.24) is 9.29 Å². The molecule has 0 saturated carbocycles. The quantitative estimate of drug-likeness (QED) is 0.0110. The molecule has 1 amide bonds. The summed E-state index contributed by atoms with van der Waals surface area (Å²) < 4.78 is 66.0. The van der Waals surface area contributed by atoms with Gasteiger partial charge in [-0.1, -0.05) is 71.7 Å². The molecule has 0 unspecified atom stereocenters. The number of aliphatic carboxylic acids is 1. The zero-order valence-electron chi connectivity index (χ0n) is 51.8. The van der Waals surface area contributed by atoms with Crippen LogP contribution < -0.4 is 73.0 Å². The standard InChI is InChI=1S/C15H13N3O4S.C14H11Cl2NO2.2C9H11NO2.C8H8O3.C7H9N3.CH4O3S.2ClH.Na/c1-18-13(15(20)17-12-8-4-5-9-16-12)14(19)10-6-2-3-7-11(10)23(18,21)22;15-10-5-3-6-11(16)14(10)17-12-7-2-1-4-9(12)8-13(18)19;1-2-12-9(11)7-3-5-8(10)6-4-7;1-2-12-9(11)7-4-3-5-8(10)6-7;1-11-8-4-6(5-9)2-3-7(8)10;8-6-3-1-5(2-4-6)7(9)10;1-5(2,3)4;;;/h2-9,19H,1H3,(H,16,17,20);1-7,17H,8H2,(H,18,19);2*3-6H,2,10H2,1H3;2-5,10H,1H3;1-4H,8H2,(H3,9,10);1H3,(H,2,3,4);2*1H;/q;;;;;;;;;+1/p-1. The number of amidine groups is 1. The molecule has 9 rings (SSSR count). The molecule has 0 aliphatic carbocycles. The number of ether oxygens (including phenoxy) is 3. The van der Waals surface area contributed by atoms with Gasteiger partial charge in [0, 0.05) is 65.1 Å². The number of pyridine rings is 1. The van der Waals surface area contributed by atoms with Crippen molar-refractivity contribution in [3.8, 4) is 11.5 Å². The zero-order valence-corrected chi connectivity index (χ0v) is 58.5. The van der Waals surface area contributed by atoms with Crippen LogP contribution in [0.5, 0.6) is 11.5 Å². The van der Waals surface area contributed by atoms with Gasteiger partial charge in [-0.3, -0.25) is 23.9 Å². The van der Waals surface area contributed by atoms with Gasteiger partial charge in [0.2, 0.25) is 0 Å². The zero-order chi connectivity index (χ0) is 68.7. The number of sulfonamides is 1. The molecule has 0 bridgehead atoms. The van der Waals surface area contributed by atoms with Gasteiger partial charge in [-0.05, 0) is 147 Å². The van der Waals surface area contributed by atoms with Gasteiger partial charge in [0.1, 0.15) is 17.9 Å². The maximum atomic E-state index is 12.5. The Labute approximate surface area is 593 Å². The Balaban J connectivity index is 0.00000112. The molecular weight excluding hydrogens is 1370 g/mol. The number of nitrogens with one attached hydrogen (secondary N) is 3. The number of phenolic OH excluding ortho intramolecular Hbond substituents is 1. The fourth-order valence-corrected chi connectivity index (χ4v) is 9.03. The number of para-hydroxylation sites is 2. The van der Waals surface area contributed by atoms with Crippen LogP contribution in [0.3, 0.4) is 0 Å². The second-order valence-corrected chi connectivity index (χ2v) is 22.5. The number of fused-ring (bicyclic) bond motifs is 1. The number of halogens is 4. The third-order valence-electron chi connectivity index (χ3n) is 11.4. The number of carbonyl (C=O) groups is 5. The molecule has 1 aliphatic rings. The smallest absolute Gasteiger partial charge is 0.550 e. The summed E-state index contributed by atoms with van der Waals surface area (Å²) in [6.45, 7) is 4.32. The Kier molecular flexibility index (Phi) is 38.8. The van der Waals surface area contributed by atoms with Crippen molar-refractivity contribution in [2.75, 3.05) is 61.5 Å². The Morgan fingerprint density at radius 1 is 0.716 bits per heavy atom. The number of aromatic nitrogens is 1. The molecule has 502 valence electrons. The molecule has 8 aromatic rings. The number of phenols is 1. The number of aromatic hydroxyl groups is 1. The van der Waals surface area contributed by atoms with Crippen molar-refractivity contribution >= 4 is 144 Å². The van der Waals surface area contributed by atoms with Crippen LogP contribution in [-0.2, 0) is 45.6 Å². The van der Waals surface area contributed by atoms with Gasteiger partial charge < -0.3 is 67.9 Å². The number of carbonyl (C=O) groups excluding carboxylic acids is 5. The van der Waals surface area contributed by atoms with Gasteiger partial charge in [0.15, 0.2) is 23.0 Å². The molecule has 0 atom stereocenters. The Morgan fingerprint density at radius 2 is 1.23 bits per heavy atom. The van der Waals surface area contributed by atoms with Crippen molar-refractivity contribution < 1.29 is 104 Å². The number of aldehydes is 1. The molecular formula is C63H68Cl4N9NaO16S2. The van der Waals surface area contributed by atoms with E-state index in [4.69, 9.17) is 75.4 Å². The molecule has 95 heavy (non-hydrogen) atoms. The Morgan fingerprint density at radius 3 is 1.74 bits per heavy atom. The van der Waals surface area contributed by atoms with Gasteiger partial charge in [-0.2, -0.15) is 8.42 Å². The number of aliphatic hydroxyl groups excluding tert-OH is 1. The molecule has 0 radical (unpaired) electrons. The minimum absolute atomic E-state index is 0. The van der Waals surface area contributed by atoms with Crippen LogP contribution in [0, 0.1) is 5.41 Å². The molecule has 7 aromatic carbocycles. The number of amides is 1. The molecule has 32 heteroatoms. The van der Waals surface area contributed by atoms with E-state index in [2.05, 4.69) is 15.6 Å². The largest absolute Gasteiger partial charge is 1.00 e. The van der Waals surface area contributed by atoms with E-state index in [1.165, 1.54) is 50.7 Å². The number of anilines is 6. The number of carboxylic acid groups (broad SMARTS) is 1. The van der Waals surface area contributed by atoms with E-state index in [0.717, 1.165) is 4.31 Å².